The van der Waals surface area contributed by atoms with Crippen LogP contribution in [0.15, 0.2) is 0 Å². The van der Waals surface area contributed by atoms with Gasteiger partial charge < -0.3 is 4.74 Å². The van der Waals surface area contributed by atoms with Gasteiger partial charge in [-0.1, -0.05) is 46.4 Å². The number of carbonyl (C=O) groups excluding carboxylic acids is 2. The third kappa shape index (κ3) is 5.29. The van der Waals surface area contributed by atoms with Gasteiger partial charge in [-0.25, -0.2) is 27.2 Å². The van der Waals surface area contributed by atoms with Crippen LogP contribution in [0.2, 0.25) is 0 Å². The van der Waals surface area contributed by atoms with E-state index in [0.29, 0.717) is 0 Å². The van der Waals surface area contributed by atoms with Gasteiger partial charge in [-0.3, -0.25) is 0 Å². The lowest BCUT2D eigenvalue weighted by Gasteiger charge is -2.39. The van der Waals surface area contributed by atoms with Crippen LogP contribution in [-0.4, -0.2) is 66.9 Å². The molecule has 0 radical (unpaired) electrons. The third-order valence-corrected chi connectivity index (χ3v) is 6.39. The zero-order valence-electron chi connectivity index (χ0n) is 15.5. The molecule has 0 N–H and O–H groups in total. The Kier molecular flexibility index (Phi) is 9.63. The molecular formula is C12Cl6F16O3. The lowest BCUT2D eigenvalue weighted by Crippen LogP contribution is -2.68. The topological polar surface area (TPSA) is 43.4 Å². The molecule has 0 fully saturated rings. The van der Waals surface area contributed by atoms with Gasteiger partial charge in [0.2, 0.25) is 0 Å². The van der Waals surface area contributed by atoms with Crippen molar-refractivity contribution in [1.82, 2.24) is 0 Å². The van der Waals surface area contributed by atoms with Gasteiger partial charge in [0.05, 0.1) is 0 Å². The summed E-state index contributed by atoms with van der Waals surface area (Å²) in [6.45, 7) is 0. The Morgan fingerprint density at radius 1 is 0.405 bits per heavy atom. The van der Waals surface area contributed by atoms with Gasteiger partial charge in [0.25, 0.3) is 0 Å². The molecule has 0 aliphatic carbocycles. The van der Waals surface area contributed by atoms with Gasteiger partial charge in [0.15, 0.2) is 0 Å². The first-order chi connectivity index (χ1) is 15.5. The molecule has 0 amide bonds. The van der Waals surface area contributed by atoms with Gasteiger partial charge >= 0.3 is 66.9 Å². The summed E-state index contributed by atoms with van der Waals surface area (Å²) in [6, 6.07) is 0. The molecule has 4 atom stereocenters. The van der Waals surface area contributed by atoms with Gasteiger partial charge in [0.1, 0.15) is 0 Å². The van der Waals surface area contributed by atoms with Gasteiger partial charge in [-0.05, 0) is 23.2 Å². The van der Waals surface area contributed by atoms with Crippen molar-refractivity contribution in [1.29, 1.82) is 0 Å². The normalized spacial score (nSPS) is 21.2. The first kappa shape index (κ1) is 36.8. The van der Waals surface area contributed by atoms with Gasteiger partial charge in [0, 0.05) is 0 Å². The van der Waals surface area contributed by atoms with E-state index in [2.05, 4.69) is 74.3 Å². The maximum Gasteiger partial charge on any atom is 0.396 e. The highest BCUT2D eigenvalue weighted by Crippen LogP contribution is 2.62. The number of hydrogen-bond donors (Lipinski definition) is 0. The molecule has 0 heterocycles. The minimum Gasteiger partial charge on any atom is -0.384 e. The molecule has 25 heteroatoms. The molecular weight excluding hydrogens is 709 g/mol. The highest BCUT2D eigenvalue weighted by molar-refractivity contribution is 6.35. The highest BCUT2D eigenvalue weighted by atomic mass is 35.5. The molecule has 3 nitrogen and oxygen atoms in total. The predicted octanol–water partition coefficient (Wildman–Crippen LogP) is 7.88. The largest absolute Gasteiger partial charge is 0.396 e. The zero-order valence-corrected chi connectivity index (χ0v) is 20.1. The van der Waals surface area contributed by atoms with Crippen LogP contribution in [0.25, 0.3) is 0 Å². The van der Waals surface area contributed by atoms with Crippen molar-refractivity contribution in [2.24, 2.45) is 0 Å². The smallest absolute Gasteiger partial charge is 0.384 e. The second-order valence-corrected chi connectivity index (χ2v) is 9.30. The fourth-order valence-corrected chi connectivity index (χ4v) is 2.62. The third-order valence-electron chi connectivity index (χ3n) is 3.78. The maximum atomic E-state index is 13.9. The van der Waals surface area contributed by atoms with Crippen molar-refractivity contribution in [2.45, 2.75) is 55.0 Å². The minimum absolute atomic E-state index is 2.27. The molecule has 0 aromatic heterocycles. The SMILES string of the molecule is O=C(OC(=O)C(F)(F)C(F)(Cl)C(F)(F)C(F)(Cl)C(F)(F)Cl)C(F)(F)C(F)(Cl)C(F)(F)C(F)(Cl)C(F)(F)Cl. The number of hydrogen-bond acceptors (Lipinski definition) is 3. The van der Waals surface area contributed by atoms with Crippen LogP contribution in [0.3, 0.4) is 0 Å². The number of halogens is 22. The van der Waals surface area contributed by atoms with E-state index in [1.165, 1.54) is 0 Å². The van der Waals surface area contributed by atoms with Crippen molar-refractivity contribution in [3.8, 4) is 0 Å². The van der Waals surface area contributed by atoms with Crippen LogP contribution < -0.4 is 0 Å². The van der Waals surface area contributed by atoms with Crippen molar-refractivity contribution >= 4 is 81.5 Å². The molecule has 0 saturated heterocycles. The Hall–Kier alpha value is -0.240. The summed E-state index contributed by atoms with van der Waals surface area (Å²) < 4.78 is 218. The second-order valence-electron chi connectivity index (χ2n) is 6.27. The van der Waals surface area contributed by atoms with Crippen LogP contribution in [0, 0.1) is 0 Å². The van der Waals surface area contributed by atoms with Gasteiger partial charge in [-0.15, -0.1) is 0 Å². The summed E-state index contributed by atoms with van der Waals surface area (Å²) in [5, 5.41) is -39.3. The molecule has 0 spiro atoms. The molecule has 220 valence electrons. The summed E-state index contributed by atoms with van der Waals surface area (Å²) in [4.78, 5) is 22.3. The fraction of sp³-hybridized carbons (Fsp3) is 0.833. The van der Waals surface area contributed by atoms with Crippen LogP contribution in [0.5, 0.6) is 0 Å². The van der Waals surface area contributed by atoms with E-state index in [1.54, 1.807) is 0 Å². The van der Waals surface area contributed by atoms with Crippen LogP contribution >= 0.6 is 69.6 Å². The summed E-state index contributed by atoms with van der Waals surface area (Å²) in [5.74, 6) is -38.0. The van der Waals surface area contributed by atoms with E-state index in [0.717, 1.165) is 0 Å². The number of rotatable bonds is 10. The second kappa shape index (κ2) is 9.69. The zero-order chi connectivity index (χ0) is 30.9. The van der Waals surface area contributed by atoms with E-state index < -0.39 is 66.9 Å². The average Bonchev–Trinajstić information content (AvgIpc) is 2.64. The number of ether oxygens (including phenoxy) is 1. The van der Waals surface area contributed by atoms with Crippen molar-refractivity contribution in [3.05, 3.63) is 0 Å². The minimum atomic E-state index is -7.26. The number of alkyl halides is 22. The van der Waals surface area contributed by atoms with Crippen molar-refractivity contribution < 1.29 is 84.6 Å². The van der Waals surface area contributed by atoms with Gasteiger partial charge in [-0.2, -0.15) is 52.7 Å². The van der Waals surface area contributed by atoms with E-state index in [1.807, 2.05) is 0 Å². The lowest BCUT2D eigenvalue weighted by atomic mass is 10.0. The van der Waals surface area contributed by atoms with Crippen molar-refractivity contribution in [3.63, 3.8) is 0 Å². The molecule has 4 unspecified atom stereocenters. The highest BCUT2D eigenvalue weighted by Gasteiger charge is 2.87. The maximum absolute atomic E-state index is 13.9. The molecule has 0 aliphatic rings. The van der Waals surface area contributed by atoms with Crippen LogP contribution in [-0.2, 0) is 14.3 Å². The van der Waals surface area contributed by atoms with Crippen LogP contribution in [0.4, 0.5) is 70.2 Å². The Morgan fingerprint density at radius 3 is 0.757 bits per heavy atom. The Balaban J connectivity index is 6.47. The van der Waals surface area contributed by atoms with Crippen molar-refractivity contribution in [2.75, 3.05) is 0 Å². The first-order valence-electron chi connectivity index (χ1n) is 7.47. The summed E-state index contributed by atoms with van der Waals surface area (Å²) in [5.41, 5.74) is 0. The predicted molar refractivity (Wildman–Crippen MR) is 91.3 cm³/mol. The molecule has 0 bridgehead atoms. The van der Waals surface area contributed by atoms with E-state index in [9.17, 15) is 79.8 Å². The van der Waals surface area contributed by atoms with E-state index in [4.69, 9.17) is 0 Å². The molecule has 37 heavy (non-hydrogen) atoms. The Labute approximate surface area is 221 Å². The molecule has 0 saturated carbocycles. The quantitative estimate of drug-likeness (QED) is 0.100. The summed E-state index contributed by atoms with van der Waals surface area (Å²) >= 11 is 23.1. The molecule has 0 aromatic rings. The first-order valence-corrected chi connectivity index (χ1v) is 9.74. The van der Waals surface area contributed by atoms with Crippen LogP contribution in [0.1, 0.15) is 0 Å². The number of esters is 2. The Morgan fingerprint density at radius 2 is 0.595 bits per heavy atom. The Bertz CT molecular complexity index is 838. The fourth-order valence-electron chi connectivity index (χ4n) is 1.61. The molecule has 0 aliphatic heterocycles. The lowest BCUT2D eigenvalue weighted by molar-refractivity contribution is -0.274. The van der Waals surface area contributed by atoms with E-state index >= 15 is 0 Å². The summed E-state index contributed by atoms with van der Waals surface area (Å²) in [7, 11) is 0. The number of carbonyl (C=O) groups is 2. The molecule has 0 aromatic carbocycles. The monoisotopic (exact) mass is 706 g/mol. The average molecular weight is 709 g/mol. The summed E-state index contributed by atoms with van der Waals surface area (Å²) in [6.07, 6.45) is 0. The molecule has 0 rings (SSSR count). The standard InChI is InChI=1S/C12Cl6F16O3/c13-5(23,9(27,28)7(15,25)11(17,31)32)3(19,20)1(35)37-2(36)4(21,22)6(14,24)10(29,30)8(16,26)12(18,33)34. The van der Waals surface area contributed by atoms with E-state index in [-0.39, 0.29) is 0 Å².